The van der Waals surface area contributed by atoms with E-state index in [-0.39, 0.29) is 0 Å². The molecule has 2 nitrogen and oxygen atoms in total. The molecule has 0 saturated carbocycles. The lowest BCUT2D eigenvalue weighted by Gasteiger charge is -2.20. The summed E-state index contributed by atoms with van der Waals surface area (Å²) in [7, 11) is 2.09. The van der Waals surface area contributed by atoms with Crippen molar-refractivity contribution in [2.24, 2.45) is 0 Å². The summed E-state index contributed by atoms with van der Waals surface area (Å²) in [6.45, 7) is 0.998. The van der Waals surface area contributed by atoms with Crippen LogP contribution in [-0.4, -0.2) is 30.6 Å². The Hall–Kier alpha value is -0.930. The molecular formula is C14H17ClN2S. The maximum Gasteiger partial charge on any atom is 0.136 e. The maximum absolute atomic E-state index is 5.96. The van der Waals surface area contributed by atoms with Crippen molar-refractivity contribution >= 4 is 40.0 Å². The van der Waals surface area contributed by atoms with Crippen molar-refractivity contribution in [3.63, 3.8) is 0 Å². The minimum Gasteiger partial charge on any atom is -0.358 e. The van der Waals surface area contributed by atoms with Crippen LogP contribution in [0.25, 0.3) is 10.8 Å². The number of fused-ring (bicyclic) bond motifs is 1. The van der Waals surface area contributed by atoms with E-state index in [0.717, 1.165) is 23.7 Å². The molecule has 0 aliphatic rings. The van der Waals surface area contributed by atoms with Gasteiger partial charge in [0.25, 0.3) is 0 Å². The average Bonchev–Trinajstić information content (AvgIpc) is 2.43. The molecule has 1 heterocycles. The first-order chi connectivity index (χ1) is 8.77. The number of hydrogen-bond acceptors (Lipinski definition) is 3. The zero-order valence-corrected chi connectivity index (χ0v) is 12.3. The predicted octanol–water partition coefficient (Wildman–Crippen LogP) is 3.77. The summed E-state index contributed by atoms with van der Waals surface area (Å²) in [4.78, 5) is 6.77. The topological polar surface area (TPSA) is 16.1 Å². The van der Waals surface area contributed by atoms with E-state index in [4.69, 9.17) is 11.6 Å². The fraction of sp³-hybridized carbons (Fsp3) is 0.357. The highest BCUT2D eigenvalue weighted by atomic mass is 35.5. The number of benzene rings is 1. The van der Waals surface area contributed by atoms with Gasteiger partial charge in [0.2, 0.25) is 0 Å². The summed E-state index contributed by atoms with van der Waals surface area (Å²) in [5, 5.41) is 2.38. The molecule has 2 aromatic rings. The van der Waals surface area contributed by atoms with E-state index in [1.807, 2.05) is 30.1 Å². The van der Waals surface area contributed by atoms with Crippen LogP contribution in [0.3, 0.4) is 0 Å². The number of rotatable bonds is 5. The van der Waals surface area contributed by atoms with Crippen LogP contribution in [0.1, 0.15) is 5.56 Å². The number of aromatic nitrogens is 1. The van der Waals surface area contributed by atoms with Gasteiger partial charge in [-0.25, -0.2) is 4.98 Å². The van der Waals surface area contributed by atoms with Crippen LogP contribution in [0.2, 0.25) is 0 Å². The van der Waals surface area contributed by atoms with E-state index in [1.54, 1.807) is 0 Å². The number of nitrogens with zero attached hydrogens (tertiary/aromatic N) is 2. The second-order valence-electron chi connectivity index (χ2n) is 4.20. The molecule has 0 fully saturated rings. The van der Waals surface area contributed by atoms with Crippen molar-refractivity contribution in [3.8, 4) is 0 Å². The predicted molar refractivity (Wildman–Crippen MR) is 83.0 cm³/mol. The molecule has 96 valence electrons. The fourth-order valence-electron chi connectivity index (χ4n) is 1.98. The smallest absolute Gasteiger partial charge is 0.136 e. The van der Waals surface area contributed by atoms with Gasteiger partial charge in [-0.1, -0.05) is 24.3 Å². The van der Waals surface area contributed by atoms with Gasteiger partial charge in [-0.2, -0.15) is 11.8 Å². The molecular weight excluding hydrogens is 264 g/mol. The summed E-state index contributed by atoms with van der Waals surface area (Å²) in [5.74, 6) is 2.64. The molecule has 0 aliphatic heterocycles. The second-order valence-corrected chi connectivity index (χ2v) is 5.45. The van der Waals surface area contributed by atoms with Crippen LogP contribution >= 0.6 is 23.4 Å². The van der Waals surface area contributed by atoms with E-state index in [9.17, 15) is 0 Å². The molecule has 1 aromatic carbocycles. The third kappa shape index (κ3) is 2.73. The summed E-state index contributed by atoms with van der Waals surface area (Å²) >= 11 is 7.81. The molecule has 0 atom stereocenters. The summed E-state index contributed by atoms with van der Waals surface area (Å²) in [6.07, 6.45) is 4.01. The minimum atomic E-state index is 0.502. The molecule has 0 bridgehead atoms. The van der Waals surface area contributed by atoms with Gasteiger partial charge < -0.3 is 4.90 Å². The first-order valence-electron chi connectivity index (χ1n) is 5.90. The van der Waals surface area contributed by atoms with Crippen LogP contribution in [0.15, 0.2) is 30.5 Å². The van der Waals surface area contributed by atoms with Gasteiger partial charge in [0.05, 0.1) is 0 Å². The number of thioether (sulfide) groups is 1. The van der Waals surface area contributed by atoms with Crippen molar-refractivity contribution in [1.29, 1.82) is 0 Å². The van der Waals surface area contributed by atoms with Crippen LogP contribution in [0.4, 0.5) is 5.82 Å². The molecule has 0 amide bonds. The molecule has 0 aliphatic carbocycles. The van der Waals surface area contributed by atoms with Gasteiger partial charge in [-0.05, 0) is 17.2 Å². The lowest BCUT2D eigenvalue weighted by Crippen LogP contribution is -2.21. The number of anilines is 1. The Kier molecular flexibility index (Phi) is 4.72. The molecule has 2 rings (SSSR count). The van der Waals surface area contributed by atoms with Crippen molar-refractivity contribution in [1.82, 2.24) is 4.98 Å². The number of halogens is 1. The van der Waals surface area contributed by atoms with Crippen molar-refractivity contribution in [2.75, 3.05) is 30.5 Å². The Morgan fingerprint density at radius 3 is 2.67 bits per heavy atom. The normalized spacial score (nSPS) is 10.8. The van der Waals surface area contributed by atoms with Gasteiger partial charge in [0.1, 0.15) is 5.82 Å². The minimum absolute atomic E-state index is 0.502. The molecule has 4 heteroatoms. The van der Waals surface area contributed by atoms with Crippen molar-refractivity contribution in [2.45, 2.75) is 5.88 Å². The molecule has 0 spiro atoms. The van der Waals surface area contributed by atoms with Gasteiger partial charge in [0, 0.05) is 36.8 Å². The SMILES string of the molecule is CSCCN(C)c1ncc(CCl)c2ccccc12. The number of hydrogen-bond donors (Lipinski definition) is 0. The largest absolute Gasteiger partial charge is 0.358 e. The van der Waals surface area contributed by atoms with Crippen LogP contribution in [0, 0.1) is 0 Å². The van der Waals surface area contributed by atoms with Gasteiger partial charge in [-0.3, -0.25) is 0 Å². The zero-order chi connectivity index (χ0) is 13.0. The number of pyridine rings is 1. The highest BCUT2D eigenvalue weighted by Crippen LogP contribution is 2.27. The fourth-order valence-corrected chi connectivity index (χ4v) is 2.65. The first-order valence-corrected chi connectivity index (χ1v) is 7.83. The standard InChI is InChI=1S/C14H17ClN2S/c1-17(7-8-18-2)14-13-6-4-3-5-12(13)11(9-15)10-16-14/h3-6,10H,7-9H2,1-2H3. The average molecular weight is 281 g/mol. The first kappa shape index (κ1) is 13.5. The van der Waals surface area contributed by atoms with Gasteiger partial charge >= 0.3 is 0 Å². The van der Waals surface area contributed by atoms with E-state index in [2.05, 4.69) is 35.3 Å². The molecule has 0 N–H and O–H groups in total. The third-order valence-corrected chi connectivity index (χ3v) is 3.87. The summed E-state index contributed by atoms with van der Waals surface area (Å²) in [5.41, 5.74) is 1.09. The highest BCUT2D eigenvalue weighted by Gasteiger charge is 2.09. The van der Waals surface area contributed by atoms with E-state index in [1.165, 1.54) is 10.8 Å². The second kappa shape index (κ2) is 6.30. The van der Waals surface area contributed by atoms with E-state index >= 15 is 0 Å². The van der Waals surface area contributed by atoms with Crippen molar-refractivity contribution < 1.29 is 0 Å². The highest BCUT2D eigenvalue weighted by molar-refractivity contribution is 7.98. The maximum atomic E-state index is 5.96. The lowest BCUT2D eigenvalue weighted by molar-refractivity contribution is 0.953. The van der Waals surface area contributed by atoms with Crippen LogP contribution < -0.4 is 4.90 Å². The summed E-state index contributed by atoms with van der Waals surface area (Å²) in [6, 6.07) is 8.32. The third-order valence-electron chi connectivity index (χ3n) is 2.99. The summed E-state index contributed by atoms with van der Waals surface area (Å²) < 4.78 is 0. The Labute approximate surface area is 117 Å². The lowest BCUT2D eigenvalue weighted by atomic mass is 10.1. The van der Waals surface area contributed by atoms with Crippen LogP contribution in [-0.2, 0) is 5.88 Å². The Bertz CT molecular complexity index is 530. The Morgan fingerprint density at radius 1 is 1.28 bits per heavy atom. The zero-order valence-electron chi connectivity index (χ0n) is 10.7. The van der Waals surface area contributed by atoms with E-state index < -0.39 is 0 Å². The van der Waals surface area contributed by atoms with Crippen molar-refractivity contribution in [3.05, 3.63) is 36.0 Å². The molecule has 18 heavy (non-hydrogen) atoms. The molecule has 0 saturated heterocycles. The number of alkyl halides is 1. The van der Waals surface area contributed by atoms with Crippen LogP contribution in [0.5, 0.6) is 0 Å². The molecule has 0 radical (unpaired) electrons. The Balaban J connectivity index is 2.45. The molecule has 1 aromatic heterocycles. The van der Waals surface area contributed by atoms with Gasteiger partial charge in [-0.15, -0.1) is 11.6 Å². The quantitative estimate of drug-likeness (QED) is 0.776. The Morgan fingerprint density at radius 2 is 2.00 bits per heavy atom. The monoisotopic (exact) mass is 280 g/mol. The van der Waals surface area contributed by atoms with Gasteiger partial charge in [0.15, 0.2) is 0 Å². The molecule has 0 unspecified atom stereocenters. The van der Waals surface area contributed by atoms with E-state index in [0.29, 0.717) is 5.88 Å².